The number of hydrogen-bond donors (Lipinski definition) is 2. The molecule has 1 aromatic rings. The Hall–Kier alpha value is -1.02. The molecule has 1 rings (SSSR count). The average molecular weight is 304 g/mol. The van der Waals surface area contributed by atoms with Gasteiger partial charge in [0.05, 0.1) is 5.75 Å². The SMILES string of the molecule is CCCNc1cc(NCCS(C)(=O)=O)nc(SC)n1. The lowest BCUT2D eigenvalue weighted by molar-refractivity contribution is 0.602. The minimum Gasteiger partial charge on any atom is -0.370 e. The van der Waals surface area contributed by atoms with Crippen LogP contribution in [0.2, 0.25) is 0 Å². The van der Waals surface area contributed by atoms with Crippen molar-refractivity contribution in [3.63, 3.8) is 0 Å². The molecule has 0 aliphatic rings. The largest absolute Gasteiger partial charge is 0.370 e. The predicted octanol–water partition coefficient (Wildman–Crippen LogP) is 1.48. The van der Waals surface area contributed by atoms with Crippen molar-refractivity contribution < 1.29 is 8.42 Å². The summed E-state index contributed by atoms with van der Waals surface area (Å²) in [7, 11) is -2.96. The highest BCUT2D eigenvalue weighted by molar-refractivity contribution is 7.98. The molecule has 0 saturated carbocycles. The van der Waals surface area contributed by atoms with Gasteiger partial charge in [0.15, 0.2) is 5.16 Å². The molecular formula is C11H20N4O2S2. The molecule has 0 spiro atoms. The summed E-state index contributed by atoms with van der Waals surface area (Å²) in [5, 5.41) is 6.86. The van der Waals surface area contributed by atoms with Crippen molar-refractivity contribution in [2.75, 3.05) is 42.0 Å². The van der Waals surface area contributed by atoms with Crippen molar-refractivity contribution in [2.45, 2.75) is 18.5 Å². The molecule has 2 N–H and O–H groups in total. The number of anilines is 2. The summed E-state index contributed by atoms with van der Waals surface area (Å²) < 4.78 is 22.1. The first-order valence-electron chi connectivity index (χ1n) is 6.03. The van der Waals surface area contributed by atoms with Crippen LogP contribution >= 0.6 is 11.8 Å². The van der Waals surface area contributed by atoms with Crippen molar-refractivity contribution in [2.24, 2.45) is 0 Å². The van der Waals surface area contributed by atoms with Crippen LogP contribution in [-0.2, 0) is 9.84 Å². The van der Waals surface area contributed by atoms with E-state index in [4.69, 9.17) is 0 Å². The Labute approximate surface area is 118 Å². The van der Waals surface area contributed by atoms with E-state index in [1.54, 1.807) is 6.07 Å². The Kier molecular flexibility index (Phi) is 6.36. The zero-order chi connectivity index (χ0) is 14.3. The van der Waals surface area contributed by atoms with Gasteiger partial charge in [0.1, 0.15) is 21.5 Å². The Bertz CT molecular complexity index is 505. The third-order valence-electron chi connectivity index (χ3n) is 2.22. The first-order chi connectivity index (χ1) is 8.94. The molecular weight excluding hydrogens is 284 g/mol. The maximum Gasteiger partial charge on any atom is 0.191 e. The van der Waals surface area contributed by atoms with Crippen LogP contribution in [0.4, 0.5) is 11.6 Å². The molecule has 0 fully saturated rings. The second-order valence-electron chi connectivity index (χ2n) is 4.11. The number of rotatable bonds is 8. The fraction of sp³-hybridized carbons (Fsp3) is 0.636. The van der Waals surface area contributed by atoms with Crippen molar-refractivity contribution in [3.05, 3.63) is 6.07 Å². The van der Waals surface area contributed by atoms with Gasteiger partial charge in [-0.3, -0.25) is 0 Å². The third-order valence-corrected chi connectivity index (χ3v) is 3.72. The van der Waals surface area contributed by atoms with Gasteiger partial charge in [-0.25, -0.2) is 18.4 Å². The van der Waals surface area contributed by atoms with E-state index in [9.17, 15) is 8.42 Å². The van der Waals surface area contributed by atoms with Crippen LogP contribution < -0.4 is 10.6 Å². The summed E-state index contributed by atoms with van der Waals surface area (Å²) in [5.74, 6) is 1.48. The van der Waals surface area contributed by atoms with Crippen LogP contribution in [0.5, 0.6) is 0 Å². The summed E-state index contributed by atoms with van der Waals surface area (Å²) in [6.45, 7) is 3.26. The highest BCUT2D eigenvalue weighted by Crippen LogP contribution is 2.17. The van der Waals surface area contributed by atoms with Gasteiger partial charge in [0.25, 0.3) is 0 Å². The first-order valence-corrected chi connectivity index (χ1v) is 9.31. The highest BCUT2D eigenvalue weighted by atomic mass is 32.2. The zero-order valence-electron chi connectivity index (χ0n) is 11.4. The molecule has 0 aromatic carbocycles. The molecule has 19 heavy (non-hydrogen) atoms. The summed E-state index contributed by atoms with van der Waals surface area (Å²) in [4.78, 5) is 8.61. The Morgan fingerprint density at radius 1 is 1.21 bits per heavy atom. The minimum absolute atomic E-state index is 0.0866. The quantitative estimate of drug-likeness (QED) is 0.556. The van der Waals surface area contributed by atoms with Gasteiger partial charge >= 0.3 is 0 Å². The van der Waals surface area contributed by atoms with Crippen molar-refractivity contribution in [3.8, 4) is 0 Å². The molecule has 108 valence electrons. The van der Waals surface area contributed by atoms with Crippen LogP contribution in [0.1, 0.15) is 13.3 Å². The van der Waals surface area contributed by atoms with Crippen molar-refractivity contribution in [1.29, 1.82) is 0 Å². The van der Waals surface area contributed by atoms with E-state index < -0.39 is 9.84 Å². The maximum absolute atomic E-state index is 11.1. The van der Waals surface area contributed by atoms with E-state index in [1.165, 1.54) is 18.0 Å². The normalized spacial score (nSPS) is 11.3. The zero-order valence-corrected chi connectivity index (χ0v) is 13.1. The van der Waals surface area contributed by atoms with Gasteiger partial charge in [-0.1, -0.05) is 18.7 Å². The third kappa shape index (κ3) is 6.63. The molecule has 0 atom stereocenters. The molecule has 0 bridgehead atoms. The molecule has 0 aliphatic carbocycles. The lowest BCUT2D eigenvalue weighted by Gasteiger charge is -2.09. The predicted molar refractivity (Wildman–Crippen MR) is 80.8 cm³/mol. The second-order valence-corrected chi connectivity index (χ2v) is 7.14. The lowest BCUT2D eigenvalue weighted by atomic mass is 10.4. The van der Waals surface area contributed by atoms with Crippen LogP contribution in [-0.4, -0.2) is 49.7 Å². The summed E-state index contributed by atoms with van der Waals surface area (Å²) in [6, 6.07) is 1.79. The van der Waals surface area contributed by atoms with Crippen molar-refractivity contribution in [1.82, 2.24) is 9.97 Å². The van der Waals surface area contributed by atoms with E-state index in [0.29, 0.717) is 17.5 Å². The number of hydrogen-bond acceptors (Lipinski definition) is 7. The van der Waals surface area contributed by atoms with E-state index in [-0.39, 0.29) is 5.75 Å². The van der Waals surface area contributed by atoms with Gasteiger partial charge in [-0.05, 0) is 12.7 Å². The van der Waals surface area contributed by atoms with Gasteiger partial charge in [-0.15, -0.1) is 0 Å². The molecule has 1 heterocycles. The monoisotopic (exact) mass is 304 g/mol. The van der Waals surface area contributed by atoms with E-state index in [2.05, 4.69) is 27.5 Å². The minimum atomic E-state index is -2.96. The Morgan fingerprint density at radius 2 is 1.79 bits per heavy atom. The highest BCUT2D eigenvalue weighted by Gasteiger charge is 2.05. The molecule has 0 unspecified atom stereocenters. The standard InChI is InChI=1S/C11H20N4O2S2/c1-4-5-12-9-8-10(15-11(14-9)18-2)13-6-7-19(3,16)17/h8H,4-7H2,1-3H3,(H2,12,13,14,15). The Morgan fingerprint density at radius 3 is 2.26 bits per heavy atom. The number of sulfone groups is 1. The molecule has 1 aromatic heterocycles. The number of thioether (sulfide) groups is 1. The van der Waals surface area contributed by atoms with E-state index >= 15 is 0 Å². The molecule has 0 aliphatic heterocycles. The molecule has 0 saturated heterocycles. The van der Waals surface area contributed by atoms with Gasteiger partial charge in [0.2, 0.25) is 0 Å². The molecule has 0 radical (unpaired) electrons. The van der Waals surface area contributed by atoms with Gasteiger partial charge in [0, 0.05) is 25.4 Å². The van der Waals surface area contributed by atoms with E-state index in [1.807, 2.05) is 6.26 Å². The number of aromatic nitrogens is 2. The van der Waals surface area contributed by atoms with E-state index in [0.717, 1.165) is 18.8 Å². The van der Waals surface area contributed by atoms with Crippen LogP contribution in [0.25, 0.3) is 0 Å². The second kappa shape index (κ2) is 7.54. The molecule has 0 amide bonds. The average Bonchev–Trinajstić information content (AvgIpc) is 2.34. The summed E-state index contributed by atoms with van der Waals surface area (Å²) >= 11 is 1.45. The fourth-order valence-corrected chi connectivity index (χ4v) is 2.17. The molecule has 8 heteroatoms. The fourth-order valence-electron chi connectivity index (χ4n) is 1.32. The van der Waals surface area contributed by atoms with Crippen LogP contribution in [0.15, 0.2) is 11.2 Å². The maximum atomic E-state index is 11.1. The van der Waals surface area contributed by atoms with Crippen LogP contribution in [0.3, 0.4) is 0 Å². The molecule has 6 nitrogen and oxygen atoms in total. The smallest absolute Gasteiger partial charge is 0.191 e. The van der Waals surface area contributed by atoms with Crippen LogP contribution in [0, 0.1) is 0 Å². The lowest BCUT2D eigenvalue weighted by Crippen LogP contribution is -2.15. The first kappa shape index (κ1) is 16.0. The number of nitrogens with zero attached hydrogens (tertiary/aromatic N) is 2. The Balaban J connectivity index is 2.70. The summed E-state index contributed by atoms with van der Waals surface area (Å²) in [5.41, 5.74) is 0. The van der Waals surface area contributed by atoms with Gasteiger partial charge in [-0.2, -0.15) is 0 Å². The van der Waals surface area contributed by atoms with Gasteiger partial charge < -0.3 is 10.6 Å². The topological polar surface area (TPSA) is 84.0 Å². The van der Waals surface area contributed by atoms with Crippen molar-refractivity contribution >= 4 is 33.2 Å². The summed E-state index contributed by atoms with van der Waals surface area (Å²) in [6.07, 6.45) is 4.13. The number of nitrogens with one attached hydrogen (secondary N) is 2.